The van der Waals surface area contributed by atoms with Crippen LogP contribution in [-0.4, -0.2) is 34.4 Å². The van der Waals surface area contributed by atoms with E-state index in [2.05, 4.69) is 9.97 Å². The lowest BCUT2D eigenvalue weighted by atomic mass is 10.1. The van der Waals surface area contributed by atoms with Crippen LogP contribution in [0.5, 0.6) is 0 Å². The molecule has 0 atom stereocenters. The van der Waals surface area contributed by atoms with E-state index in [9.17, 15) is 18.0 Å². The Labute approximate surface area is 118 Å². The summed E-state index contributed by atoms with van der Waals surface area (Å²) < 4.78 is 43.9. The van der Waals surface area contributed by atoms with E-state index < -0.39 is 17.6 Å². The van der Waals surface area contributed by atoms with Crippen LogP contribution in [0.3, 0.4) is 0 Å². The first-order valence-electron chi connectivity index (χ1n) is 6.07. The summed E-state index contributed by atoms with van der Waals surface area (Å²) in [6.07, 6.45) is -1.41. The molecule has 0 aliphatic rings. The molecule has 0 aliphatic carbocycles. The number of hydrogen-bond donors (Lipinski definition) is 0. The van der Waals surface area contributed by atoms with Gasteiger partial charge in [0.15, 0.2) is 0 Å². The number of alkyl halides is 3. The van der Waals surface area contributed by atoms with Crippen molar-refractivity contribution in [3.05, 3.63) is 36.0 Å². The van der Waals surface area contributed by atoms with E-state index in [0.29, 0.717) is 6.54 Å². The Balaban J connectivity index is 2.42. The first kappa shape index (κ1) is 15.0. The Morgan fingerprint density at radius 2 is 2.10 bits per heavy atom. The minimum atomic E-state index is -4.56. The molecular formula is C13H12F3N3O2. The standard InChI is InChI=1S/C13H12F3N3O2/c1-3-19(2)12(20)10-7-18-11(21-10)8-6-17-5-4-9(8)13(14,15)16/h4-7H,3H2,1-2H3. The number of rotatable bonds is 3. The highest BCUT2D eigenvalue weighted by Crippen LogP contribution is 2.36. The predicted molar refractivity (Wildman–Crippen MR) is 67.4 cm³/mol. The average molecular weight is 299 g/mol. The Morgan fingerprint density at radius 1 is 1.38 bits per heavy atom. The summed E-state index contributed by atoms with van der Waals surface area (Å²) in [5.41, 5.74) is -1.22. The third kappa shape index (κ3) is 3.04. The molecule has 112 valence electrons. The quantitative estimate of drug-likeness (QED) is 0.874. The molecule has 2 rings (SSSR count). The molecule has 2 aromatic heterocycles. The maximum atomic E-state index is 12.9. The van der Waals surface area contributed by atoms with Crippen LogP contribution in [0.15, 0.2) is 29.1 Å². The fraction of sp³-hybridized carbons (Fsp3) is 0.308. The molecular weight excluding hydrogens is 287 g/mol. The van der Waals surface area contributed by atoms with Crippen LogP contribution < -0.4 is 0 Å². The third-order valence-electron chi connectivity index (χ3n) is 2.89. The van der Waals surface area contributed by atoms with Crippen LogP contribution in [0.1, 0.15) is 23.0 Å². The number of amides is 1. The van der Waals surface area contributed by atoms with Crippen molar-refractivity contribution < 1.29 is 22.4 Å². The van der Waals surface area contributed by atoms with Crippen molar-refractivity contribution in [1.29, 1.82) is 0 Å². The lowest BCUT2D eigenvalue weighted by Gasteiger charge is -2.11. The van der Waals surface area contributed by atoms with Crippen molar-refractivity contribution in [2.75, 3.05) is 13.6 Å². The van der Waals surface area contributed by atoms with Gasteiger partial charge in [0.05, 0.1) is 17.3 Å². The minimum absolute atomic E-state index is 0.119. The minimum Gasteiger partial charge on any atom is -0.431 e. The van der Waals surface area contributed by atoms with Crippen molar-refractivity contribution in [3.63, 3.8) is 0 Å². The summed E-state index contributed by atoms with van der Waals surface area (Å²) in [7, 11) is 1.55. The van der Waals surface area contributed by atoms with Gasteiger partial charge < -0.3 is 9.32 Å². The van der Waals surface area contributed by atoms with Crippen LogP contribution in [0.25, 0.3) is 11.5 Å². The third-order valence-corrected chi connectivity index (χ3v) is 2.89. The monoisotopic (exact) mass is 299 g/mol. The fourth-order valence-electron chi connectivity index (χ4n) is 1.64. The molecule has 0 saturated carbocycles. The van der Waals surface area contributed by atoms with Crippen molar-refractivity contribution in [3.8, 4) is 11.5 Å². The first-order chi connectivity index (χ1) is 9.84. The van der Waals surface area contributed by atoms with Gasteiger partial charge in [-0.2, -0.15) is 13.2 Å². The maximum absolute atomic E-state index is 12.9. The van der Waals surface area contributed by atoms with Gasteiger partial charge in [0.2, 0.25) is 11.7 Å². The molecule has 1 amide bonds. The number of halogens is 3. The van der Waals surface area contributed by atoms with Gasteiger partial charge in [-0.05, 0) is 13.0 Å². The summed E-state index contributed by atoms with van der Waals surface area (Å²) in [6.45, 7) is 2.20. The number of nitrogens with zero attached hydrogens (tertiary/aromatic N) is 3. The van der Waals surface area contributed by atoms with Gasteiger partial charge in [-0.15, -0.1) is 0 Å². The molecule has 0 bridgehead atoms. The molecule has 0 saturated heterocycles. The van der Waals surface area contributed by atoms with Crippen LogP contribution in [-0.2, 0) is 6.18 Å². The van der Waals surface area contributed by atoms with E-state index in [-0.39, 0.29) is 17.2 Å². The topological polar surface area (TPSA) is 59.2 Å². The van der Waals surface area contributed by atoms with E-state index in [4.69, 9.17) is 4.42 Å². The summed E-state index contributed by atoms with van der Waals surface area (Å²) in [6, 6.07) is 0.833. The van der Waals surface area contributed by atoms with Gasteiger partial charge in [0.1, 0.15) is 0 Å². The van der Waals surface area contributed by atoms with Gasteiger partial charge in [-0.25, -0.2) is 4.98 Å². The highest BCUT2D eigenvalue weighted by Gasteiger charge is 2.35. The second-order valence-corrected chi connectivity index (χ2v) is 4.27. The molecule has 0 fully saturated rings. The van der Waals surface area contributed by atoms with E-state index in [1.807, 2.05) is 0 Å². The van der Waals surface area contributed by atoms with E-state index >= 15 is 0 Å². The average Bonchev–Trinajstić information content (AvgIpc) is 2.94. The second kappa shape index (κ2) is 5.55. The zero-order valence-corrected chi connectivity index (χ0v) is 11.3. The van der Waals surface area contributed by atoms with Gasteiger partial charge in [0, 0.05) is 26.0 Å². The van der Waals surface area contributed by atoms with E-state index in [0.717, 1.165) is 24.7 Å². The van der Waals surface area contributed by atoms with Crippen molar-refractivity contribution in [2.24, 2.45) is 0 Å². The number of oxazole rings is 1. The first-order valence-corrected chi connectivity index (χ1v) is 6.07. The predicted octanol–water partition coefficient (Wildman–Crippen LogP) is 2.85. The van der Waals surface area contributed by atoms with Gasteiger partial charge in [-0.1, -0.05) is 0 Å². The zero-order chi connectivity index (χ0) is 15.6. The van der Waals surface area contributed by atoms with Crippen LogP contribution in [0.2, 0.25) is 0 Å². The molecule has 0 aliphatic heterocycles. The maximum Gasteiger partial charge on any atom is 0.417 e. The summed E-state index contributed by atoms with van der Waals surface area (Å²) in [5, 5.41) is 0. The molecule has 8 heteroatoms. The van der Waals surface area contributed by atoms with Crippen LogP contribution in [0, 0.1) is 0 Å². The molecule has 5 nitrogen and oxygen atoms in total. The largest absolute Gasteiger partial charge is 0.431 e. The second-order valence-electron chi connectivity index (χ2n) is 4.27. The van der Waals surface area contributed by atoms with Crippen molar-refractivity contribution in [2.45, 2.75) is 13.1 Å². The fourth-order valence-corrected chi connectivity index (χ4v) is 1.64. The molecule has 0 radical (unpaired) electrons. The van der Waals surface area contributed by atoms with Gasteiger partial charge in [-0.3, -0.25) is 9.78 Å². The number of carbonyl (C=O) groups is 1. The normalized spacial score (nSPS) is 11.5. The van der Waals surface area contributed by atoms with Crippen LogP contribution in [0.4, 0.5) is 13.2 Å². The molecule has 0 unspecified atom stereocenters. The Bertz CT molecular complexity index is 652. The van der Waals surface area contributed by atoms with Gasteiger partial charge >= 0.3 is 6.18 Å². The summed E-state index contributed by atoms with van der Waals surface area (Å²) in [4.78, 5) is 20.6. The van der Waals surface area contributed by atoms with Crippen molar-refractivity contribution in [1.82, 2.24) is 14.9 Å². The Hall–Kier alpha value is -2.38. The lowest BCUT2D eigenvalue weighted by molar-refractivity contribution is -0.137. The number of hydrogen-bond acceptors (Lipinski definition) is 4. The van der Waals surface area contributed by atoms with Crippen LogP contribution >= 0.6 is 0 Å². The SMILES string of the molecule is CCN(C)C(=O)c1cnc(-c2cnccc2C(F)(F)F)o1. The zero-order valence-electron chi connectivity index (χ0n) is 11.3. The highest BCUT2D eigenvalue weighted by molar-refractivity contribution is 5.91. The smallest absolute Gasteiger partial charge is 0.417 e. The van der Waals surface area contributed by atoms with E-state index in [1.165, 1.54) is 4.90 Å². The Kier molecular flexibility index (Phi) is 3.97. The molecule has 2 aromatic rings. The Morgan fingerprint density at radius 3 is 2.71 bits per heavy atom. The summed E-state index contributed by atoms with van der Waals surface area (Å²) in [5.74, 6) is -0.858. The molecule has 2 heterocycles. The van der Waals surface area contributed by atoms with Crippen molar-refractivity contribution >= 4 is 5.91 Å². The number of pyridine rings is 1. The van der Waals surface area contributed by atoms with Gasteiger partial charge in [0.25, 0.3) is 5.91 Å². The number of carbonyl (C=O) groups excluding carboxylic acids is 1. The molecule has 0 N–H and O–H groups in total. The number of aromatic nitrogens is 2. The summed E-state index contributed by atoms with van der Waals surface area (Å²) >= 11 is 0. The highest BCUT2D eigenvalue weighted by atomic mass is 19.4. The molecule has 0 spiro atoms. The molecule has 0 aromatic carbocycles. The van der Waals surface area contributed by atoms with E-state index in [1.54, 1.807) is 14.0 Å². The molecule has 21 heavy (non-hydrogen) atoms. The lowest BCUT2D eigenvalue weighted by Crippen LogP contribution is -2.25.